The van der Waals surface area contributed by atoms with E-state index in [9.17, 15) is 9.59 Å². The van der Waals surface area contributed by atoms with Crippen LogP contribution in [0.3, 0.4) is 0 Å². The van der Waals surface area contributed by atoms with E-state index in [0.29, 0.717) is 6.42 Å². The summed E-state index contributed by atoms with van der Waals surface area (Å²) in [5.74, 6) is -0.421. The largest absolute Gasteiger partial charge is 0.369 e. The van der Waals surface area contributed by atoms with Gasteiger partial charge in [-0.05, 0) is 50.4 Å². The third kappa shape index (κ3) is 5.54. The number of hydrogen-bond acceptors (Lipinski definition) is 4. The first kappa shape index (κ1) is 19.4. The van der Waals surface area contributed by atoms with E-state index in [1.807, 2.05) is 31.2 Å². The second-order valence-electron chi connectivity index (χ2n) is 7.30. The second-order valence-corrected chi connectivity index (χ2v) is 7.30. The van der Waals surface area contributed by atoms with E-state index < -0.39 is 5.54 Å². The molecule has 1 heterocycles. The number of primary amides is 1. The van der Waals surface area contributed by atoms with Gasteiger partial charge < -0.3 is 16.8 Å². The van der Waals surface area contributed by atoms with Gasteiger partial charge in [0.15, 0.2) is 0 Å². The van der Waals surface area contributed by atoms with E-state index in [0.717, 1.165) is 50.1 Å². The van der Waals surface area contributed by atoms with Crippen LogP contribution in [0.1, 0.15) is 45.1 Å². The highest BCUT2D eigenvalue weighted by molar-refractivity contribution is 5.97. The second kappa shape index (κ2) is 8.45. The molecule has 2 unspecified atom stereocenters. The van der Waals surface area contributed by atoms with Crippen molar-refractivity contribution >= 4 is 17.5 Å². The molecule has 1 saturated heterocycles. The van der Waals surface area contributed by atoms with Crippen molar-refractivity contribution in [2.24, 2.45) is 17.4 Å². The highest BCUT2D eigenvalue weighted by Crippen LogP contribution is 2.20. The number of hydrogen-bond donors (Lipinski definition) is 3. The average molecular weight is 346 g/mol. The molecule has 0 aliphatic carbocycles. The van der Waals surface area contributed by atoms with Crippen LogP contribution in [0.25, 0.3) is 0 Å². The van der Waals surface area contributed by atoms with Crippen LogP contribution in [0.15, 0.2) is 24.3 Å². The molecule has 2 amide bonds. The molecule has 1 aliphatic rings. The highest BCUT2D eigenvalue weighted by atomic mass is 16.2. The van der Waals surface area contributed by atoms with Crippen LogP contribution in [-0.4, -0.2) is 35.3 Å². The summed E-state index contributed by atoms with van der Waals surface area (Å²) in [5, 5.41) is 2.88. The van der Waals surface area contributed by atoms with Gasteiger partial charge in [-0.15, -0.1) is 0 Å². The van der Waals surface area contributed by atoms with Crippen molar-refractivity contribution in [1.29, 1.82) is 0 Å². The van der Waals surface area contributed by atoms with E-state index in [4.69, 9.17) is 11.5 Å². The number of likely N-dealkylation sites (tertiary alicyclic amines) is 1. The number of benzene rings is 1. The molecule has 1 aliphatic heterocycles. The lowest BCUT2D eigenvalue weighted by Crippen LogP contribution is -2.48. The van der Waals surface area contributed by atoms with Crippen molar-refractivity contribution in [3.8, 4) is 0 Å². The Hall–Kier alpha value is -1.92. The number of piperidine rings is 1. The zero-order chi connectivity index (χ0) is 18.4. The van der Waals surface area contributed by atoms with Gasteiger partial charge in [-0.1, -0.05) is 25.5 Å². The fraction of sp³-hybridized carbons (Fsp3) is 0.579. The Morgan fingerprint density at radius 3 is 2.60 bits per heavy atom. The maximum atomic E-state index is 12.2. The lowest BCUT2D eigenvalue weighted by atomic mass is 9.96. The first-order valence-corrected chi connectivity index (χ1v) is 9.03. The minimum atomic E-state index is -0.856. The normalized spacial score (nSPS) is 20.7. The topological polar surface area (TPSA) is 101 Å². The van der Waals surface area contributed by atoms with Gasteiger partial charge in [0.1, 0.15) is 0 Å². The summed E-state index contributed by atoms with van der Waals surface area (Å²) >= 11 is 0. The molecule has 2 atom stereocenters. The molecule has 6 heteroatoms. The van der Waals surface area contributed by atoms with Gasteiger partial charge in [0, 0.05) is 18.8 Å². The zero-order valence-electron chi connectivity index (χ0n) is 15.3. The molecule has 5 N–H and O–H groups in total. The monoisotopic (exact) mass is 346 g/mol. The van der Waals surface area contributed by atoms with E-state index in [1.54, 1.807) is 6.92 Å². The standard InChI is InChI=1S/C19H30N4O2/c1-3-10-19(2,21)18(25)22-16-8-6-14(7-9-16)12-23-11-4-5-15(13-23)17(20)24/h6-9,15H,3-5,10-13,21H2,1-2H3,(H2,20,24)(H,22,25). The summed E-state index contributed by atoms with van der Waals surface area (Å²) in [6.07, 6.45) is 3.38. The van der Waals surface area contributed by atoms with Gasteiger partial charge in [-0.3, -0.25) is 14.5 Å². The lowest BCUT2D eigenvalue weighted by Gasteiger charge is -2.31. The van der Waals surface area contributed by atoms with Crippen molar-refractivity contribution < 1.29 is 9.59 Å². The number of carbonyl (C=O) groups excluding carboxylic acids is 2. The summed E-state index contributed by atoms with van der Waals surface area (Å²) in [7, 11) is 0. The molecule has 0 spiro atoms. The first-order chi connectivity index (χ1) is 11.8. The molecular formula is C19H30N4O2. The summed E-state index contributed by atoms with van der Waals surface area (Å²) in [6, 6.07) is 7.78. The van der Waals surface area contributed by atoms with Gasteiger partial charge >= 0.3 is 0 Å². The SMILES string of the molecule is CCCC(C)(N)C(=O)Nc1ccc(CN2CCCC(C(N)=O)C2)cc1. The van der Waals surface area contributed by atoms with Gasteiger partial charge in [0.05, 0.1) is 11.5 Å². The molecule has 138 valence electrons. The van der Waals surface area contributed by atoms with E-state index in [-0.39, 0.29) is 17.7 Å². The molecule has 6 nitrogen and oxygen atoms in total. The number of amides is 2. The number of nitrogens with one attached hydrogen (secondary N) is 1. The molecule has 0 aromatic heterocycles. The van der Waals surface area contributed by atoms with Crippen LogP contribution in [0.2, 0.25) is 0 Å². The quantitative estimate of drug-likeness (QED) is 0.701. The Labute approximate surface area is 149 Å². The van der Waals surface area contributed by atoms with Crippen LogP contribution >= 0.6 is 0 Å². The molecule has 2 rings (SSSR count). The summed E-state index contributed by atoms with van der Waals surface area (Å²) < 4.78 is 0. The predicted molar refractivity (Wildman–Crippen MR) is 99.8 cm³/mol. The molecule has 1 aromatic carbocycles. The molecule has 1 fully saturated rings. The van der Waals surface area contributed by atoms with Crippen LogP contribution in [0, 0.1) is 5.92 Å². The van der Waals surface area contributed by atoms with Crippen molar-refractivity contribution in [2.75, 3.05) is 18.4 Å². The fourth-order valence-corrected chi connectivity index (χ4v) is 3.29. The maximum absolute atomic E-state index is 12.2. The Morgan fingerprint density at radius 1 is 1.32 bits per heavy atom. The molecule has 1 aromatic rings. The fourth-order valence-electron chi connectivity index (χ4n) is 3.29. The summed E-state index contributed by atoms with van der Waals surface area (Å²) in [6.45, 7) is 6.24. The number of carbonyl (C=O) groups is 2. The lowest BCUT2D eigenvalue weighted by molar-refractivity contribution is -0.123. The Kier molecular flexibility index (Phi) is 6.56. The van der Waals surface area contributed by atoms with E-state index in [1.165, 1.54) is 0 Å². The molecular weight excluding hydrogens is 316 g/mol. The van der Waals surface area contributed by atoms with Crippen molar-refractivity contribution in [3.05, 3.63) is 29.8 Å². The molecule has 25 heavy (non-hydrogen) atoms. The zero-order valence-corrected chi connectivity index (χ0v) is 15.3. The van der Waals surface area contributed by atoms with Crippen molar-refractivity contribution in [1.82, 2.24) is 4.90 Å². The number of anilines is 1. The minimum Gasteiger partial charge on any atom is -0.369 e. The average Bonchev–Trinajstić information content (AvgIpc) is 2.57. The molecule has 0 saturated carbocycles. The van der Waals surface area contributed by atoms with Crippen LogP contribution in [0.5, 0.6) is 0 Å². The van der Waals surface area contributed by atoms with Gasteiger partial charge in [-0.2, -0.15) is 0 Å². The predicted octanol–water partition coefficient (Wildman–Crippen LogP) is 1.84. The van der Waals surface area contributed by atoms with Gasteiger partial charge in [0.2, 0.25) is 11.8 Å². The molecule has 0 bridgehead atoms. The smallest absolute Gasteiger partial charge is 0.244 e. The van der Waals surface area contributed by atoms with E-state index in [2.05, 4.69) is 10.2 Å². The number of rotatable bonds is 7. The van der Waals surface area contributed by atoms with Crippen LogP contribution in [-0.2, 0) is 16.1 Å². The Bertz CT molecular complexity index is 598. The van der Waals surface area contributed by atoms with Crippen molar-refractivity contribution in [3.63, 3.8) is 0 Å². The van der Waals surface area contributed by atoms with Crippen LogP contribution < -0.4 is 16.8 Å². The first-order valence-electron chi connectivity index (χ1n) is 9.03. The Balaban J connectivity index is 1.91. The Morgan fingerprint density at radius 2 is 2.00 bits per heavy atom. The number of nitrogens with zero attached hydrogens (tertiary/aromatic N) is 1. The van der Waals surface area contributed by atoms with Crippen LogP contribution in [0.4, 0.5) is 5.69 Å². The maximum Gasteiger partial charge on any atom is 0.244 e. The number of nitrogens with two attached hydrogens (primary N) is 2. The van der Waals surface area contributed by atoms with Gasteiger partial charge in [0.25, 0.3) is 0 Å². The van der Waals surface area contributed by atoms with E-state index >= 15 is 0 Å². The van der Waals surface area contributed by atoms with Gasteiger partial charge in [-0.25, -0.2) is 0 Å². The third-order valence-electron chi connectivity index (χ3n) is 4.81. The van der Waals surface area contributed by atoms with Crippen molar-refractivity contribution in [2.45, 2.75) is 51.6 Å². The minimum absolute atomic E-state index is 0.0480. The highest BCUT2D eigenvalue weighted by Gasteiger charge is 2.27. The third-order valence-corrected chi connectivity index (χ3v) is 4.81. The summed E-state index contributed by atoms with van der Waals surface area (Å²) in [4.78, 5) is 25.9. The molecule has 0 radical (unpaired) electrons. The summed E-state index contributed by atoms with van der Waals surface area (Å²) in [5.41, 5.74) is 12.5.